The van der Waals surface area contributed by atoms with Gasteiger partial charge in [-0.25, -0.2) is 13.6 Å². The number of rotatable bonds is 6. The van der Waals surface area contributed by atoms with Gasteiger partial charge in [-0.3, -0.25) is 4.79 Å². The van der Waals surface area contributed by atoms with Crippen molar-refractivity contribution in [1.82, 2.24) is 0 Å². The molecule has 3 rings (SSSR count). The van der Waals surface area contributed by atoms with Crippen LogP contribution in [0.2, 0.25) is 0 Å². The van der Waals surface area contributed by atoms with Crippen LogP contribution in [0.4, 0.5) is 22.6 Å². The normalized spacial score (nSPS) is 13.0. The van der Waals surface area contributed by atoms with Crippen LogP contribution in [-0.2, 0) is 22.4 Å². The maximum Gasteiger partial charge on any atom is 0.341 e. The standard InChI is InChI=1S/C19H17F4NO4S/c1-2-27-19(26)14-9-5-3-4-6-12(9)29-18(14)24-13(25)8-28-17-15(22)10(20)7-11(21)16(17)23/h7H,2-6,8H2,1H3,(H,24,25). The average Bonchev–Trinajstić information content (AvgIpc) is 3.04. The molecule has 0 atom stereocenters. The Morgan fingerprint density at radius 3 is 2.41 bits per heavy atom. The van der Waals surface area contributed by atoms with E-state index in [0.29, 0.717) is 6.42 Å². The lowest BCUT2D eigenvalue weighted by atomic mass is 9.95. The van der Waals surface area contributed by atoms with E-state index in [1.165, 1.54) is 11.3 Å². The molecule has 1 aromatic heterocycles. The lowest BCUT2D eigenvalue weighted by Crippen LogP contribution is -2.22. The second kappa shape index (κ2) is 8.81. The van der Waals surface area contributed by atoms with Crippen molar-refractivity contribution in [3.8, 4) is 5.75 Å². The molecule has 0 saturated heterocycles. The number of anilines is 1. The lowest BCUT2D eigenvalue weighted by molar-refractivity contribution is -0.118. The van der Waals surface area contributed by atoms with Gasteiger partial charge in [-0.1, -0.05) is 0 Å². The van der Waals surface area contributed by atoms with Gasteiger partial charge in [0.25, 0.3) is 5.91 Å². The molecule has 0 spiro atoms. The van der Waals surface area contributed by atoms with Crippen LogP contribution in [0.15, 0.2) is 6.07 Å². The number of carbonyl (C=O) groups is 2. The SMILES string of the molecule is CCOC(=O)c1c(NC(=O)COc2c(F)c(F)cc(F)c2F)sc2c1CCCC2. The zero-order valence-electron chi connectivity index (χ0n) is 15.4. The molecule has 1 aliphatic rings. The van der Waals surface area contributed by atoms with Gasteiger partial charge in [0.15, 0.2) is 24.0 Å². The van der Waals surface area contributed by atoms with E-state index in [4.69, 9.17) is 4.74 Å². The summed E-state index contributed by atoms with van der Waals surface area (Å²) in [6, 6.07) is 0.0411. The fourth-order valence-corrected chi connectivity index (χ4v) is 4.35. The van der Waals surface area contributed by atoms with Crippen LogP contribution in [0.3, 0.4) is 0 Å². The zero-order chi connectivity index (χ0) is 21.1. The van der Waals surface area contributed by atoms with Crippen LogP contribution >= 0.6 is 11.3 Å². The summed E-state index contributed by atoms with van der Waals surface area (Å²) in [6.45, 7) is 0.898. The van der Waals surface area contributed by atoms with Crippen LogP contribution in [0.1, 0.15) is 40.6 Å². The minimum atomic E-state index is -1.74. The van der Waals surface area contributed by atoms with E-state index in [9.17, 15) is 27.2 Å². The first kappa shape index (κ1) is 21.1. The molecule has 10 heteroatoms. The monoisotopic (exact) mass is 431 g/mol. The van der Waals surface area contributed by atoms with Gasteiger partial charge >= 0.3 is 5.97 Å². The second-order valence-corrected chi connectivity index (χ2v) is 7.37. The molecule has 0 unspecified atom stereocenters. The molecule has 1 aliphatic carbocycles. The van der Waals surface area contributed by atoms with Gasteiger partial charge in [0.05, 0.1) is 12.2 Å². The number of hydrogen-bond donors (Lipinski definition) is 1. The summed E-state index contributed by atoms with van der Waals surface area (Å²) in [5.74, 6) is -9.52. The highest BCUT2D eigenvalue weighted by Gasteiger charge is 2.28. The lowest BCUT2D eigenvalue weighted by Gasteiger charge is -2.12. The Morgan fingerprint density at radius 1 is 1.10 bits per heavy atom. The van der Waals surface area contributed by atoms with Gasteiger partial charge in [0.2, 0.25) is 11.6 Å². The molecule has 1 heterocycles. The number of fused-ring (bicyclic) bond motifs is 1. The highest BCUT2D eigenvalue weighted by Crippen LogP contribution is 2.38. The average molecular weight is 431 g/mol. The Morgan fingerprint density at radius 2 is 1.76 bits per heavy atom. The van der Waals surface area contributed by atoms with Gasteiger partial charge in [0, 0.05) is 10.9 Å². The third kappa shape index (κ3) is 4.36. The van der Waals surface area contributed by atoms with E-state index >= 15 is 0 Å². The summed E-state index contributed by atoms with van der Waals surface area (Å²) >= 11 is 1.22. The van der Waals surface area contributed by atoms with Gasteiger partial charge in [-0.2, -0.15) is 8.78 Å². The van der Waals surface area contributed by atoms with E-state index in [2.05, 4.69) is 10.1 Å². The number of nitrogens with one attached hydrogen (secondary N) is 1. The number of aryl methyl sites for hydroxylation is 1. The molecular formula is C19H17F4NO4S. The molecular weight excluding hydrogens is 414 g/mol. The molecule has 1 aromatic carbocycles. The van der Waals surface area contributed by atoms with Gasteiger partial charge < -0.3 is 14.8 Å². The van der Waals surface area contributed by atoms with Gasteiger partial charge in [0.1, 0.15) is 5.00 Å². The van der Waals surface area contributed by atoms with Crippen molar-refractivity contribution in [2.75, 3.05) is 18.5 Å². The molecule has 1 N–H and O–H groups in total. The first-order chi connectivity index (χ1) is 13.8. The minimum Gasteiger partial charge on any atom is -0.477 e. The molecule has 29 heavy (non-hydrogen) atoms. The van der Waals surface area contributed by atoms with E-state index < -0.39 is 47.5 Å². The first-order valence-electron chi connectivity index (χ1n) is 8.90. The smallest absolute Gasteiger partial charge is 0.341 e. The molecule has 1 amide bonds. The first-order valence-corrected chi connectivity index (χ1v) is 9.72. The van der Waals surface area contributed by atoms with Crippen molar-refractivity contribution in [2.45, 2.75) is 32.6 Å². The summed E-state index contributed by atoms with van der Waals surface area (Å²) in [5.41, 5.74) is 1.08. The number of carbonyl (C=O) groups excluding carboxylic acids is 2. The van der Waals surface area contributed by atoms with Crippen molar-refractivity contribution in [1.29, 1.82) is 0 Å². The third-order valence-electron chi connectivity index (χ3n) is 4.32. The number of halogens is 4. The molecule has 156 valence electrons. The van der Waals surface area contributed by atoms with E-state index in [0.717, 1.165) is 29.7 Å². The summed E-state index contributed by atoms with van der Waals surface area (Å²) in [6.07, 6.45) is 3.29. The molecule has 2 aromatic rings. The van der Waals surface area contributed by atoms with Crippen molar-refractivity contribution >= 4 is 28.2 Å². The Labute approximate surface area is 167 Å². The number of thiophene rings is 1. The van der Waals surface area contributed by atoms with E-state index in [1.54, 1.807) is 6.92 Å². The number of esters is 1. The third-order valence-corrected chi connectivity index (χ3v) is 5.53. The van der Waals surface area contributed by atoms with Crippen LogP contribution < -0.4 is 10.1 Å². The quantitative estimate of drug-likeness (QED) is 0.419. The number of benzene rings is 1. The fraction of sp³-hybridized carbons (Fsp3) is 0.368. The molecule has 0 fully saturated rings. The predicted molar refractivity (Wildman–Crippen MR) is 97.3 cm³/mol. The Bertz CT molecular complexity index is 934. The summed E-state index contributed by atoms with van der Waals surface area (Å²) in [5, 5.41) is 2.71. The van der Waals surface area contributed by atoms with Gasteiger partial charge in [-0.15, -0.1) is 11.3 Å². The largest absolute Gasteiger partial charge is 0.477 e. The van der Waals surface area contributed by atoms with Gasteiger partial charge in [-0.05, 0) is 38.2 Å². The van der Waals surface area contributed by atoms with E-state index in [-0.39, 0.29) is 23.2 Å². The topological polar surface area (TPSA) is 64.6 Å². The summed E-state index contributed by atoms with van der Waals surface area (Å²) < 4.78 is 63.4. The molecule has 0 bridgehead atoms. The highest BCUT2D eigenvalue weighted by molar-refractivity contribution is 7.17. The molecule has 5 nitrogen and oxygen atoms in total. The minimum absolute atomic E-state index is 0.0411. The van der Waals surface area contributed by atoms with Crippen LogP contribution in [0.5, 0.6) is 5.75 Å². The Balaban J connectivity index is 1.78. The summed E-state index contributed by atoms with van der Waals surface area (Å²) in [4.78, 5) is 25.5. The Hall–Kier alpha value is -2.62. The molecule has 0 radical (unpaired) electrons. The fourth-order valence-electron chi connectivity index (χ4n) is 3.05. The van der Waals surface area contributed by atoms with Crippen molar-refractivity contribution < 1.29 is 36.6 Å². The van der Waals surface area contributed by atoms with Crippen LogP contribution in [0, 0.1) is 23.3 Å². The van der Waals surface area contributed by atoms with Crippen molar-refractivity contribution in [3.63, 3.8) is 0 Å². The Kier molecular flexibility index (Phi) is 6.41. The number of amides is 1. The second-order valence-electron chi connectivity index (χ2n) is 6.27. The maximum atomic E-state index is 13.6. The van der Waals surface area contributed by atoms with Crippen LogP contribution in [-0.4, -0.2) is 25.1 Å². The number of hydrogen-bond acceptors (Lipinski definition) is 5. The zero-order valence-corrected chi connectivity index (χ0v) is 16.2. The van der Waals surface area contributed by atoms with Crippen molar-refractivity contribution in [3.05, 3.63) is 45.3 Å². The predicted octanol–water partition coefficient (Wildman–Crippen LogP) is 4.38. The highest BCUT2D eigenvalue weighted by atomic mass is 32.1. The molecule has 0 saturated carbocycles. The number of ether oxygens (including phenoxy) is 2. The van der Waals surface area contributed by atoms with Crippen molar-refractivity contribution in [2.24, 2.45) is 0 Å². The van der Waals surface area contributed by atoms with E-state index in [1.807, 2.05) is 0 Å². The molecule has 0 aliphatic heterocycles. The van der Waals surface area contributed by atoms with Crippen LogP contribution in [0.25, 0.3) is 0 Å². The maximum absolute atomic E-state index is 13.6. The summed E-state index contributed by atoms with van der Waals surface area (Å²) in [7, 11) is 0.